The number of nitrogens with zero attached hydrogens (tertiary/aromatic N) is 3. The number of amides is 2. The van der Waals surface area contributed by atoms with E-state index in [1.807, 2.05) is 6.07 Å². The summed E-state index contributed by atoms with van der Waals surface area (Å²) in [6.45, 7) is -0.135. The lowest BCUT2D eigenvalue weighted by molar-refractivity contribution is -0.132. The summed E-state index contributed by atoms with van der Waals surface area (Å²) >= 11 is 8.37. The second-order valence-electron chi connectivity index (χ2n) is 4.70. The molecule has 0 aliphatic carbocycles. The molecule has 0 spiro atoms. The molecule has 2 amide bonds. The van der Waals surface area contributed by atoms with Gasteiger partial charge in [-0.1, -0.05) is 15.9 Å². The highest BCUT2D eigenvalue weighted by molar-refractivity contribution is 9.10. The predicted molar refractivity (Wildman–Crippen MR) is 91.4 cm³/mol. The molecular formula is C15H12BrN3O3S. The Bertz CT molecular complexity index is 744. The molecule has 1 heterocycles. The molecule has 0 atom stereocenters. The molecule has 1 aliphatic heterocycles. The van der Waals surface area contributed by atoms with E-state index in [-0.39, 0.29) is 17.3 Å². The van der Waals surface area contributed by atoms with E-state index in [1.54, 1.807) is 18.2 Å². The first kappa shape index (κ1) is 17.1. The molecule has 0 N–H and O–H groups in total. The summed E-state index contributed by atoms with van der Waals surface area (Å²) in [6, 6.07) is 6.98. The first-order valence-corrected chi connectivity index (χ1v) is 7.68. The van der Waals surface area contributed by atoms with Crippen molar-refractivity contribution in [2.45, 2.75) is 0 Å². The van der Waals surface area contributed by atoms with Crippen molar-refractivity contribution in [3.8, 4) is 11.8 Å². The van der Waals surface area contributed by atoms with Gasteiger partial charge in [-0.05, 0) is 36.5 Å². The number of hydrogen-bond acceptors (Lipinski definition) is 5. The summed E-state index contributed by atoms with van der Waals surface area (Å²) < 4.78 is 6.08. The number of carbonyl (C=O) groups excluding carboxylic acids is 2. The highest BCUT2D eigenvalue weighted by Gasteiger charge is 2.35. The molecule has 0 unspecified atom stereocenters. The standard InChI is InChI=1S/C15H12BrN3O3S/c1-18-13(20)11(14(21)19(2)15(18)23)8-9-7-10(16)3-4-12(9)22-6-5-17/h3-4,7-8H,6H2,1-2H3. The second-order valence-corrected chi connectivity index (χ2v) is 5.98. The van der Waals surface area contributed by atoms with Crippen molar-refractivity contribution in [2.75, 3.05) is 20.7 Å². The van der Waals surface area contributed by atoms with E-state index in [0.29, 0.717) is 11.3 Å². The van der Waals surface area contributed by atoms with Crippen molar-refractivity contribution in [1.29, 1.82) is 5.26 Å². The van der Waals surface area contributed by atoms with Gasteiger partial charge in [-0.25, -0.2) is 0 Å². The van der Waals surface area contributed by atoms with Gasteiger partial charge in [0.25, 0.3) is 11.8 Å². The SMILES string of the molecule is CN1C(=O)C(=Cc2cc(Br)ccc2OCC#N)C(=O)N(C)C1=S. The van der Waals surface area contributed by atoms with Gasteiger partial charge in [-0.2, -0.15) is 5.26 Å². The van der Waals surface area contributed by atoms with Gasteiger partial charge in [0.2, 0.25) is 0 Å². The molecule has 6 nitrogen and oxygen atoms in total. The number of nitriles is 1. The van der Waals surface area contributed by atoms with Crippen LogP contribution in [0, 0.1) is 11.3 Å². The molecule has 118 valence electrons. The van der Waals surface area contributed by atoms with Crippen LogP contribution in [0.1, 0.15) is 5.56 Å². The van der Waals surface area contributed by atoms with Gasteiger partial charge in [0.1, 0.15) is 17.4 Å². The normalized spacial score (nSPS) is 14.9. The molecule has 0 bridgehead atoms. The van der Waals surface area contributed by atoms with E-state index in [2.05, 4.69) is 15.9 Å². The number of hydrogen-bond donors (Lipinski definition) is 0. The van der Waals surface area contributed by atoms with Crippen LogP contribution in [0.5, 0.6) is 5.75 Å². The number of benzene rings is 1. The predicted octanol–water partition coefficient (Wildman–Crippen LogP) is 1.95. The van der Waals surface area contributed by atoms with Gasteiger partial charge in [-0.15, -0.1) is 0 Å². The molecule has 0 saturated carbocycles. The quantitative estimate of drug-likeness (QED) is 0.445. The van der Waals surface area contributed by atoms with Crippen LogP contribution in [-0.4, -0.2) is 47.4 Å². The van der Waals surface area contributed by atoms with Crippen LogP contribution in [0.2, 0.25) is 0 Å². The average Bonchev–Trinajstić information content (AvgIpc) is 2.54. The van der Waals surface area contributed by atoms with Gasteiger partial charge in [0.05, 0.1) is 0 Å². The lowest BCUT2D eigenvalue weighted by atomic mass is 10.1. The van der Waals surface area contributed by atoms with E-state index in [4.69, 9.17) is 22.2 Å². The van der Waals surface area contributed by atoms with Crippen LogP contribution < -0.4 is 4.74 Å². The Balaban J connectivity index is 2.50. The fraction of sp³-hybridized carbons (Fsp3) is 0.200. The van der Waals surface area contributed by atoms with Gasteiger partial charge in [0.15, 0.2) is 11.7 Å². The van der Waals surface area contributed by atoms with Crippen LogP contribution in [0.15, 0.2) is 28.2 Å². The first-order chi connectivity index (χ1) is 10.9. The third-order valence-electron chi connectivity index (χ3n) is 3.21. The monoisotopic (exact) mass is 393 g/mol. The van der Waals surface area contributed by atoms with Crippen LogP contribution in [0.3, 0.4) is 0 Å². The molecule has 1 aliphatic rings. The smallest absolute Gasteiger partial charge is 0.265 e. The van der Waals surface area contributed by atoms with Crippen LogP contribution in [-0.2, 0) is 9.59 Å². The molecule has 1 aromatic rings. The molecule has 23 heavy (non-hydrogen) atoms. The van der Waals surface area contributed by atoms with Crippen molar-refractivity contribution in [1.82, 2.24) is 9.80 Å². The molecule has 0 radical (unpaired) electrons. The van der Waals surface area contributed by atoms with Crippen LogP contribution >= 0.6 is 28.1 Å². The Labute approximate surface area is 147 Å². The third-order valence-corrected chi connectivity index (χ3v) is 4.25. The molecule has 1 fully saturated rings. The summed E-state index contributed by atoms with van der Waals surface area (Å²) in [5.41, 5.74) is 0.490. The Hall–Kier alpha value is -2.24. The second kappa shape index (κ2) is 6.89. The van der Waals surface area contributed by atoms with Gasteiger partial charge in [-0.3, -0.25) is 19.4 Å². The minimum Gasteiger partial charge on any atom is -0.478 e. The fourth-order valence-corrected chi connectivity index (χ4v) is 2.55. The highest BCUT2D eigenvalue weighted by Crippen LogP contribution is 2.27. The number of halogens is 1. The molecular weight excluding hydrogens is 382 g/mol. The van der Waals surface area contributed by atoms with Gasteiger partial charge >= 0.3 is 0 Å². The van der Waals surface area contributed by atoms with Crippen molar-refractivity contribution in [3.63, 3.8) is 0 Å². The lowest BCUT2D eigenvalue weighted by Gasteiger charge is -2.31. The van der Waals surface area contributed by atoms with Gasteiger partial charge in [0, 0.05) is 24.1 Å². The van der Waals surface area contributed by atoms with E-state index >= 15 is 0 Å². The van der Waals surface area contributed by atoms with Crippen LogP contribution in [0.25, 0.3) is 6.08 Å². The van der Waals surface area contributed by atoms with E-state index in [1.165, 1.54) is 30.0 Å². The molecule has 1 aromatic carbocycles. The van der Waals surface area contributed by atoms with E-state index in [9.17, 15) is 9.59 Å². The van der Waals surface area contributed by atoms with Gasteiger partial charge < -0.3 is 4.74 Å². The average molecular weight is 394 g/mol. The number of rotatable bonds is 3. The Kier molecular flexibility index (Phi) is 5.13. The number of likely N-dealkylation sites (N-methyl/N-ethyl adjacent to an activating group) is 2. The lowest BCUT2D eigenvalue weighted by Crippen LogP contribution is -2.52. The minimum atomic E-state index is -0.482. The summed E-state index contributed by atoms with van der Waals surface area (Å²) in [5.74, 6) is -0.560. The summed E-state index contributed by atoms with van der Waals surface area (Å²) in [6.07, 6.45) is 1.44. The van der Waals surface area contributed by atoms with E-state index in [0.717, 1.165) is 4.47 Å². The summed E-state index contributed by atoms with van der Waals surface area (Å²) in [5, 5.41) is 8.79. The zero-order valence-corrected chi connectivity index (χ0v) is 14.8. The number of thiocarbonyl (C=S) groups is 1. The Morgan fingerprint density at radius 2 is 1.91 bits per heavy atom. The van der Waals surface area contributed by atoms with Crippen molar-refractivity contribution < 1.29 is 14.3 Å². The Morgan fingerprint density at radius 3 is 2.48 bits per heavy atom. The maximum Gasteiger partial charge on any atom is 0.265 e. The summed E-state index contributed by atoms with van der Waals surface area (Å²) in [4.78, 5) is 27.1. The maximum atomic E-state index is 12.3. The Morgan fingerprint density at radius 1 is 1.30 bits per heavy atom. The highest BCUT2D eigenvalue weighted by atomic mass is 79.9. The zero-order valence-electron chi connectivity index (χ0n) is 12.4. The molecule has 2 rings (SSSR count). The third kappa shape index (κ3) is 3.41. The van der Waals surface area contributed by atoms with Crippen molar-refractivity contribution in [2.24, 2.45) is 0 Å². The van der Waals surface area contributed by atoms with Crippen LogP contribution in [0.4, 0.5) is 0 Å². The first-order valence-electron chi connectivity index (χ1n) is 6.48. The number of ether oxygens (including phenoxy) is 1. The van der Waals surface area contributed by atoms with Crippen molar-refractivity contribution >= 4 is 51.2 Å². The maximum absolute atomic E-state index is 12.3. The largest absolute Gasteiger partial charge is 0.478 e. The molecule has 0 aromatic heterocycles. The molecule has 8 heteroatoms. The topological polar surface area (TPSA) is 73.6 Å². The van der Waals surface area contributed by atoms with E-state index < -0.39 is 11.8 Å². The minimum absolute atomic E-state index is 0.0245. The summed E-state index contributed by atoms with van der Waals surface area (Å²) in [7, 11) is 3.02. The number of carbonyl (C=O) groups is 2. The van der Waals surface area contributed by atoms with Crippen molar-refractivity contribution in [3.05, 3.63) is 33.8 Å². The zero-order chi connectivity index (χ0) is 17.1. The molecule has 1 saturated heterocycles. The fourth-order valence-electron chi connectivity index (χ4n) is 2.00.